The van der Waals surface area contributed by atoms with E-state index in [-0.39, 0.29) is 6.10 Å². The van der Waals surface area contributed by atoms with E-state index in [2.05, 4.69) is 24.1 Å². The van der Waals surface area contributed by atoms with Crippen LogP contribution in [-0.2, 0) is 0 Å². The summed E-state index contributed by atoms with van der Waals surface area (Å²) in [6.07, 6.45) is 2.35. The van der Waals surface area contributed by atoms with Crippen LogP contribution in [0.2, 0.25) is 0 Å². The summed E-state index contributed by atoms with van der Waals surface area (Å²) in [5.74, 6) is 0. The minimum absolute atomic E-state index is 0.228. The Hall–Kier alpha value is -0.120. The summed E-state index contributed by atoms with van der Waals surface area (Å²) in [5.41, 5.74) is 0.428. The number of hydrogen-bond acceptors (Lipinski definition) is 3. The Morgan fingerprint density at radius 2 is 2.21 bits per heavy atom. The third kappa shape index (κ3) is 3.95. The predicted octanol–water partition coefficient (Wildman–Crippen LogP) is 0.689. The molecule has 0 radical (unpaired) electrons. The molecule has 1 unspecified atom stereocenters. The van der Waals surface area contributed by atoms with E-state index in [1.807, 2.05) is 7.05 Å². The number of rotatable bonds is 4. The van der Waals surface area contributed by atoms with Gasteiger partial charge in [-0.3, -0.25) is 0 Å². The van der Waals surface area contributed by atoms with Crippen LogP contribution in [0.5, 0.6) is 0 Å². The lowest BCUT2D eigenvalue weighted by Crippen LogP contribution is -2.45. The van der Waals surface area contributed by atoms with Crippen molar-refractivity contribution in [1.29, 1.82) is 0 Å². The van der Waals surface area contributed by atoms with E-state index in [4.69, 9.17) is 0 Å². The molecule has 2 N–H and O–H groups in total. The fraction of sp³-hybridized carbons (Fsp3) is 1.00. The van der Waals surface area contributed by atoms with Crippen LogP contribution in [0, 0.1) is 5.41 Å². The van der Waals surface area contributed by atoms with E-state index >= 15 is 0 Å². The van der Waals surface area contributed by atoms with E-state index in [1.165, 1.54) is 12.8 Å². The monoisotopic (exact) mass is 200 g/mol. The maximum atomic E-state index is 9.67. The zero-order valence-corrected chi connectivity index (χ0v) is 9.71. The lowest BCUT2D eigenvalue weighted by atomic mass is 9.84. The largest absolute Gasteiger partial charge is 0.390 e. The van der Waals surface area contributed by atoms with Crippen LogP contribution in [-0.4, -0.2) is 49.3 Å². The number of β-amino-alcohol motifs (C(OH)–C–C–N with tert-alkyl or cyclic N) is 1. The van der Waals surface area contributed by atoms with E-state index in [0.717, 1.165) is 19.6 Å². The van der Waals surface area contributed by atoms with Crippen LogP contribution in [0.4, 0.5) is 0 Å². The molecule has 0 amide bonds. The number of likely N-dealkylation sites (tertiary alicyclic amines) is 1. The number of nitrogens with zero attached hydrogens (tertiary/aromatic N) is 1. The van der Waals surface area contributed by atoms with E-state index in [9.17, 15) is 5.11 Å². The second-order valence-electron chi connectivity index (χ2n) is 5.21. The van der Waals surface area contributed by atoms with Crippen molar-refractivity contribution in [3.63, 3.8) is 0 Å². The van der Waals surface area contributed by atoms with Gasteiger partial charge in [-0.05, 0) is 31.8 Å². The van der Waals surface area contributed by atoms with Crippen LogP contribution in [0.25, 0.3) is 0 Å². The highest BCUT2D eigenvalue weighted by Crippen LogP contribution is 2.28. The van der Waals surface area contributed by atoms with Crippen molar-refractivity contribution in [2.75, 3.05) is 33.2 Å². The predicted molar refractivity (Wildman–Crippen MR) is 59.4 cm³/mol. The molecule has 84 valence electrons. The van der Waals surface area contributed by atoms with Gasteiger partial charge in [0.2, 0.25) is 0 Å². The first-order valence-corrected chi connectivity index (χ1v) is 5.58. The Balaban J connectivity index is 2.30. The standard InChI is InChI=1S/C11H24N2O/c1-11(2)5-4-6-13(9-11)8-10(14)7-12-3/h10,12,14H,4-9H2,1-3H3. The summed E-state index contributed by atoms with van der Waals surface area (Å²) in [6, 6.07) is 0. The smallest absolute Gasteiger partial charge is 0.0791 e. The van der Waals surface area contributed by atoms with Crippen LogP contribution in [0.15, 0.2) is 0 Å². The minimum Gasteiger partial charge on any atom is -0.390 e. The second-order valence-corrected chi connectivity index (χ2v) is 5.21. The van der Waals surface area contributed by atoms with Gasteiger partial charge in [0.15, 0.2) is 0 Å². The quantitative estimate of drug-likeness (QED) is 0.701. The molecule has 1 atom stereocenters. The normalized spacial score (nSPS) is 24.9. The number of likely N-dealkylation sites (N-methyl/N-ethyl adjacent to an activating group) is 1. The van der Waals surface area contributed by atoms with Gasteiger partial charge < -0.3 is 15.3 Å². The molecule has 3 heteroatoms. The van der Waals surface area contributed by atoms with Gasteiger partial charge >= 0.3 is 0 Å². The molecule has 1 saturated heterocycles. The first-order chi connectivity index (χ1) is 6.53. The van der Waals surface area contributed by atoms with Gasteiger partial charge in [-0.25, -0.2) is 0 Å². The number of aliphatic hydroxyl groups excluding tert-OH is 1. The molecule has 1 heterocycles. The first kappa shape index (κ1) is 12.0. The van der Waals surface area contributed by atoms with E-state index in [0.29, 0.717) is 12.0 Å². The van der Waals surface area contributed by atoms with Crippen molar-refractivity contribution in [2.45, 2.75) is 32.8 Å². The fourth-order valence-corrected chi connectivity index (χ4v) is 2.30. The number of nitrogens with one attached hydrogen (secondary N) is 1. The number of piperidine rings is 1. The molecule has 0 aromatic rings. The molecule has 3 nitrogen and oxygen atoms in total. The molecule has 0 aromatic heterocycles. The summed E-state index contributed by atoms with van der Waals surface area (Å²) >= 11 is 0. The Morgan fingerprint density at radius 1 is 1.50 bits per heavy atom. The lowest BCUT2D eigenvalue weighted by molar-refractivity contribution is 0.0609. The van der Waals surface area contributed by atoms with Crippen molar-refractivity contribution in [3.8, 4) is 0 Å². The van der Waals surface area contributed by atoms with Gasteiger partial charge in [0.1, 0.15) is 0 Å². The van der Waals surface area contributed by atoms with Crippen LogP contribution < -0.4 is 5.32 Å². The molecular formula is C11H24N2O. The van der Waals surface area contributed by atoms with Crippen molar-refractivity contribution in [2.24, 2.45) is 5.41 Å². The van der Waals surface area contributed by atoms with E-state index < -0.39 is 0 Å². The molecule has 0 spiro atoms. The summed E-state index contributed by atoms with van der Waals surface area (Å²) in [7, 11) is 1.88. The average Bonchev–Trinajstić information content (AvgIpc) is 2.02. The molecule has 0 bridgehead atoms. The topological polar surface area (TPSA) is 35.5 Å². The second kappa shape index (κ2) is 5.10. The van der Waals surface area contributed by atoms with Crippen molar-refractivity contribution < 1.29 is 5.11 Å². The third-order valence-electron chi connectivity index (χ3n) is 2.89. The highest BCUT2D eigenvalue weighted by Gasteiger charge is 2.26. The zero-order chi connectivity index (χ0) is 10.6. The van der Waals surface area contributed by atoms with E-state index in [1.54, 1.807) is 0 Å². The summed E-state index contributed by atoms with van der Waals surface area (Å²) in [6.45, 7) is 8.38. The minimum atomic E-state index is -0.228. The van der Waals surface area contributed by atoms with Crippen molar-refractivity contribution in [3.05, 3.63) is 0 Å². The molecule has 1 aliphatic rings. The Bertz CT molecular complexity index is 171. The fourth-order valence-electron chi connectivity index (χ4n) is 2.30. The molecule has 1 aliphatic heterocycles. The number of hydrogen-bond donors (Lipinski definition) is 2. The molecule has 14 heavy (non-hydrogen) atoms. The van der Waals surface area contributed by atoms with Crippen molar-refractivity contribution in [1.82, 2.24) is 10.2 Å². The molecule has 0 aliphatic carbocycles. The van der Waals surface area contributed by atoms with Crippen LogP contribution in [0.1, 0.15) is 26.7 Å². The van der Waals surface area contributed by atoms with Gasteiger partial charge in [0.25, 0.3) is 0 Å². The SMILES string of the molecule is CNCC(O)CN1CCCC(C)(C)C1. The lowest BCUT2D eigenvalue weighted by Gasteiger charge is -2.38. The Labute approximate surface area is 87.5 Å². The zero-order valence-electron chi connectivity index (χ0n) is 9.71. The maximum Gasteiger partial charge on any atom is 0.0791 e. The van der Waals surface area contributed by atoms with Crippen LogP contribution in [0.3, 0.4) is 0 Å². The third-order valence-corrected chi connectivity index (χ3v) is 2.89. The average molecular weight is 200 g/mol. The Morgan fingerprint density at radius 3 is 2.79 bits per heavy atom. The van der Waals surface area contributed by atoms with Gasteiger partial charge in [0.05, 0.1) is 6.10 Å². The van der Waals surface area contributed by atoms with Gasteiger partial charge in [0, 0.05) is 19.6 Å². The molecule has 1 fully saturated rings. The summed E-state index contributed by atoms with van der Waals surface area (Å²) in [4.78, 5) is 2.38. The van der Waals surface area contributed by atoms with Gasteiger partial charge in [-0.2, -0.15) is 0 Å². The maximum absolute atomic E-state index is 9.67. The van der Waals surface area contributed by atoms with Crippen molar-refractivity contribution >= 4 is 0 Å². The Kier molecular flexibility index (Phi) is 4.35. The molecule has 1 rings (SSSR count). The molecule has 0 aromatic carbocycles. The summed E-state index contributed by atoms with van der Waals surface area (Å²) in [5, 5.41) is 12.7. The highest BCUT2D eigenvalue weighted by molar-refractivity contribution is 4.81. The first-order valence-electron chi connectivity index (χ1n) is 5.58. The van der Waals surface area contributed by atoms with Gasteiger partial charge in [-0.1, -0.05) is 13.8 Å². The van der Waals surface area contributed by atoms with Gasteiger partial charge in [-0.15, -0.1) is 0 Å². The summed E-state index contributed by atoms with van der Waals surface area (Å²) < 4.78 is 0. The number of aliphatic hydroxyl groups is 1. The highest BCUT2D eigenvalue weighted by atomic mass is 16.3. The molecular weight excluding hydrogens is 176 g/mol. The molecule has 0 saturated carbocycles. The van der Waals surface area contributed by atoms with Crippen LogP contribution >= 0.6 is 0 Å².